The summed E-state index contributed by atoms with van der Waals surface area (Å²) >= 11 is 0. The minimum Gasteiger partial charge on any atom is -0.207 e. The van der Waals surface area contributed by atoms with Gasteiger partial charge in [-0.1, -0.05) is 25.7 Å². The molecule has 0 amide bonds. The lowest BCUT2D eigenvalue weighted by molar-refractivity contribution is 0.588. The maximum Gasteiger partial charge on any atom is 0.126 e. The van der Waals surface area contributed by atoms with Crippen LogP contribution in [0, 0.1) is 11.6 Å². The fourth-order valence-corrected chi connectivity index (χ4v) is 2.47. The van der Waals surface area contributed by atoms with E-state index in [0.29, 0.717) is 5.19 Å². The Kier molecular flexibility index (Phi) is 2.33. The van der Waals surface area contributed by atoms with Gasteiger partial charge < -0.3 is 0 Å². The lowest BCUT2D eigenvalue weighted by Gasteiger charge is -2.16. The minimum atomic E-state index is -1.64. The third kappa shape index (κ3) is 1.91. The molecule has 0 unspecified atom stereocenters. The molecule has 0 aliphatic rings. The average molecular weight is 186 g/mol. The standard InChI is InChI=1S/C9H12F2Si/c1-12(2,3)9-5-4-7(10)6-8(9)11/h4-6H,1-3H3. The van der Waals surface area contributed by atoms with Crippen LogP contribution in [0.3, 0.4) is 0 Å². The predicted molar refractivity (Wildman–Crippen MR) is 49.3 cm³/mol. The first-order chi connectivity index (χ1) is 5.41. The Morgan fingerprint density at radius 2 is 1.67 bits per heavy atom. The van der Waals surface area contributed by atoms with Gasteiger partial charge in [0.25, 0.3) is 0 Å². The highest BCUT2D eigenvalue weighted by atomic mass is 28.3. The van der Waals surface area contributed by atoms with E-state index in [0.717, 1.165) is 6.07 Å². The van der Waals surface area contributed by atoms with Crippen molar-refractivity contribution >= 4 is 13.3 Å². The molecule has 1 aromatic rings. The highest BCUT2D eigenvalue weighted by molar-refractivity contribution is 6.88. The van der Waals surface area contributed by atoms with Crippen molar-refractivity contribution in [2.75, 3.05) is 0 Å². The zero-order valence-corrected chi connectivity index (χ0v) is 8.49. The van der Waals surface area contributed by atoms with E-state index in [1.54, 1.807) is 6.07 Å². The number of hydrogen-bond acceptors (Lipinski definition) is 0. The molecule has 0 atom stereocenters. The summed E-state index contributed by atoms with van der Waals surface area (Å²) in [6.45, 7) is 6.09. The molecule has 0 aliphatic heterocycles. The van der Waals surface area contributed by atoms with Crippen LogP contribution in [-0.4, -0.2) is 8.07 Å². The third-order valence-electron chi connectivity index (χ3n) is 1.74. The van der Waals surface area contributed by atoms with Gasteiger partial charge in [0.05, 0.1) is 8.07 Å². The molecule has 0 spiro atoms. The lowest BCUT2D eigenvalue weighted by atomic mass is 10.3. The molecule has 0 aromatic heterocycles. The average Bonchev–Trinajstić information content (AvgIpc) is 1.83. The van der Waals surface area contributed by atoms with Gasteiger partial charge in [0.1, 0.15) is 11.6 Å². The Morgan fingerprint density at radius 1 is 1.08 bits per heavy atom. The zero-order valence-electron chi connectivity index (χ0n) is 7.49. The Hall–Kier alpha value is -0.703. The Morgan fingerprint density at radius 3 is 2.08 bits per heavy atom. The summed E-state index contributed by atoms with van der Waals surface area (Å²) in [5, 5.41) is 0.684. The second-order valence-electron chi connectivity index (χ2n) is 3.87. The van der Waals surface area contributed by atoms with Crippen molar-refractivity contribution < 1.29 is 8.78 Å². The van der Waals surface area contributed by atoms with Crippen LogP contribution in [0.2, 0.25) is 19.6 Å². The van der Waals surface area contributed by atoms with E-state index in [9.17, 15) is 8.78 Å². The lowest BCUT2D eigenvalue weighted by Crippen LogP contribution is -2.39. The van der Waals surface area contributed by atoms with Crippen LogP contribution in [-0.2, 0) is 0 Å². The normalized spacial score (nSPS) is 11.8. The van der Waals surface area contributed by atoms with E-state index < -0.39 is 19.7 Å². The van der Waals surface area contributed by atoms with Crippen LogP contribution in [0.25, 0.3) is 0 Å². The SMILES string of the molecule is C[Si](C)(C)c1ccc(F)cc1F. The van der Waals surface area contributed by atoms with Gasteiger partial charge in [0.2, 0.25) is 0 Å². The number of halogens is 2. The van der Waals surface area contributed by atoms with E-state index in [4.69, 9.17) is 0 Å². The molecule has 0 fully saturated rings. The van der Waals surface area contributed by atoms with E-state index in [-0.39, 0.29) is 0 Å². The molecule has 3 heteroatoms. The Bertz CT molecular complexity index is 289. The van der Waals surface area contributed by atoms with Gasteiger partial charge in [0, 0.05) is 6.07 Å². The quantitative estimate of drug-likeness (QED) is 0.591. The van der Waals surface area contributed by atoms with Crippen molar-refractivity contribution in [3.8, 4) is 0 Å². The van der Waals surface area contributed by atoms with Gasteiger partial charge >= 0.3 is 0 Å². The molecular weight excluding hydrogens is 174 g/mol. The second kappa shape index (κ2) is 2.97. The summed E-state index contributed by atoms with van der Waals surface area (Å²) in [4.78, 5) is 0. The highest BCUT2D eigenvalue weighted by Gasteiger charge is 2.20. The maximum absolute atomic E-state index is 13.1. The molecule has 12 heavy (non-hydrogen) atoms. The van der Waals surface area contributed by atoms with Crippen molar-refractivity contribution in [1.29, 1.82) is 0 Å². The molecule has 0 radical (unpaired) electrons. The summed E-state index contributed by atoms with van der Waals surface area (Å²) in [7, 11) is -1.64. The van der Waals surface area contributed by atoms with Crippen molar-refractivity contribution in [1.82, 2.24) is 0 Å². The molecule has 66 valence electrons. The van der Waals surface area contributed by atoms with Crippen LogP contribution in [0.1, 0.15) is 0 Å². The molecular formula is C9H12F2Si. The van der Waals surface area contributed by atoms with E-state index in [2.05, 4.69) is 0 Å². The van der Waals surface area contributed by atoms with Gasteiger partial charge in [-0.25, -0.2) is 8.78 Å². The van der Waals surface area contributed by atoms with Gasteiger partial charge in [0.15, 0.2) is 0 Å². The first-order valence-corrected chi connectivity index (χ1v) is 7.37. The van der Waals surface area contributed by atoms with Crippen LogP contribution < -0.4 is 5.19 Å². The molecule has 0 aliphatic carbocycles. The van der Waals surface area contributed by atoms with E-state index in [1.165, 1.54) is 6.07 Å². The van der Waals surface area contributed by atoms with Crippen LogP contribution in [0.15, 0.2) is 18.2 Å². The first-order valence-electron chi connectivity index (χ1n) is 3.87. The number of benzene rings is 1. The van der Waals surface area contributed by atoms with Crippen LogP contribution in [0.4, 0.5) is 8.78 Å². The van der Waals surface area contributed by atoms with Gasteiger partial charge in [-0.3, -0.25) is 0 Å². The molecule has 0 saturated carbocycles. The maximum atomic E-state index is 13.1. The van der Waals surface area contributed by atoms with Gasteiger partial charge in [-0.15, -0.1) is 0 Å². The summed E-state index contributed by atoms with van der Waals surface area (Å²) in [5.74, 6) is -0.913. The molecule has 0 N–H and O–H groups in total. The Balaban J connectivity index is 3.19. The molecule has 0 saturated heterocycles. The van der Waals surface area contributed by atoms with Gasteiger partial charge in [-0.2, -0.15) is 0 Å². The Labute approximate surface area is 72.2 Å². The molecule has 1 aromatic carbocycles. The third-order valence-corrected chi connectivity index (χ3v) is 3.76. The topological polar surface area (TPSA) is 0 Å². The van der Waals surface area contributed by atoms with Crippen LogP contribution in [0.5, 0.6) is 0 Å². The largest absolute Gasteiger partial charge is 0.207 e. The van der Waals surface area contributed by atoms with Crippen molar-refractivity contribution in [3.05, 3.63) is 29.8 Å². The first kappa shape index (κ1) is 9.39. The zero-order chi connectivity index (χ0) is 9.35. The summed E-state index contributed by atoms with van der Waals surface area (Å²) in [5.41, 5.74) is 0. The second-order valence-corrected chi connectivity index (χ2v) is 8.91. The monoisotopic (exact) mass is 186 g/mol. The highest BCUT2D eigenvalue weighted by Crippen LogP contribution is 2.07. The van der Waals surface area contributed by atoms with Crippen LogP contribution >= 0.6 is 0 Å². The van der Waals surface area contributed by atoms with Crippen molar-refractivity contribution in [2.24, 2.45) is 0 Å². The molecule has 0 bridgehead atoms. The number of rotatable bonds is 1. The summed E-state index contributed by atoms with van der Waals surface area (Å²) in [6, 6.07) is 3.82. The fraction of sp³-hybridized carbons (Fsp3) is 0.333. The summed E-state index contributed by atoms with van der Waals surface area (Å²) in [6.07, 6.45) is 0. The van der Waals surface area contributed by atoms with Crippen molar-refractivity contribution in [3.63, 3.8) is 0 Å². The van der Waals surface area contributed by atoms with E-state index in [1.807, 2.05) is 19.6 Å². The molecule has 0 nitrogen and oxygen atoms in total. The van der Waals surface area contributed by atoms with Crippen molar-refractivity contribution in [2.45, 2.75) is 19.6 Å². The molecule has 0 heterocycles. The van der Waals surface area contributed by atoms with Gasteiger partial charge in [-0.05, 0) is 11.3 Å². The van der Waals surface area contributed by atoms with E-state index >= 15 is 0 Å². The fourth-order valence-electron chi connectivity index (χ4n) is 1.10. The number of hydrogen-bond donors (Lipinski definition) is 0. The minimum absolute atomic E-state index is 0.408. The smallest absolute Gasteiger partial charge is 0.126 e. The molecule has 1 rings (SSSR count). The predicted octanol–water partition coefficient (Wildman–Crippen LogP) is 2.51. The summed E-state index contributed by atoms with van der Waals surface area (Å²) < 4.78 is 25.7.